The molecule has 0 heteroatoms. The Bertz CT molecular complexity index is 4370. The van der Waals surface area contributed by atoms with Gasteiger partial charge in [0.1, 0.15) is 0 Å². The molecule has 0 bridgehead atoms. The molecular weight excluding hydrogens is 901 g/mol. The van der Waals surface area contributed by atoms with Crippen molar-refractivity contribution in [2.75, 3.05) is 0 Å². The van der Waals surface area contributed by atoms with Gasteiger partial charge in [0, 0.05) is 0 Å². The number of hydrogen-bond donors (Lipinski definition) is 0. The Morgan fingerprint density at radius 3 is 0.627 bits per heavy atom. The molecule has 0 atom stereocenters. The molecule has 0 amide bonds. The summed E-state index contributed by atoms with van der Waals surface area (Å²) in [6.07, 6.45) is 0. The second-order valence-corrected chi connectivity index (χ2v) is 21.5. The van der Waals surface area contributed by atoms with Crippen LogP contribution >= 0.6 is 0 Å². The number of fused-ring (bicyclic) bond motifs is 30. The summed E-state index contributed by atoms with van der Waals surface area (Å²) in [5, 5.41) is 0. The van der Waals surface area contributed by atoms with Crippen molar-refractivity contribution in [3.05, 3.63) is 334 Å². The van der Waals surface area contributed by atoms with Gasteiger partial charge in [0.25, 0.3) is 0 Å². The first-order valence-electron chi connectivity index (χ1n) is 26.6. The third-order valence-corrected chi connectivity index (χ3v) is 18.7. The molecule has 0 saturated carbocycles. The van der Waals surface area contributed by atoms with Crippen LogP contribution in [0.2, 0.25) is 0 Å². The first kappa shape index (κ1) is 40.2. The van der Waals surface area contributed by atoms with E-state index in [2.05, 4.69) is 267 Å². The molecule has 12 aromatic carbocycles. The van der Waals surface area contributed by atoms with Crippen LogP contribution in [0.15, 0.2) is 267 Å². The Morgan fingerprint density at radius 1 is 0.133 bits per heavy atom. The van der Waals surface area contributed by atoms with Gasteiger partial charge < -0.3 is 0 Å². The fourth-order valence-corrected chi connectivity index (χ4v) is 16.4. The van der Waals surface area contributed by atoms with Gasteiger partial charge in [-0.25, -0.2) is 0 Å². The minimum atomic E-state index is -0.623. The fraction of sp³-hybridized carbons (Fsp3) is 0.0400. The summed E-state index contributed by atoms with van der Waals surface area (Å²) in [4.78, 5) is 0. The van der Waals surface area contributed by atoms with Crippen LogP contribution < -0.4 is 0 Å². The molecule has 0 unspecified atom stereocenters. The van der Waals surface area contributed by atoms with E-state index in [9.17, 15) is 0 Å². The predicted octanol–water partition coefficient (Wildman–Crippen LogP) is 18.1. The van der Waals surface area contributed by atoms with Gasteiger partial charge in [0.2, 0.25) is 0 Å². The van der Waals surface area contributed by atoms with Crippen molar-refractivity contribution in [1.82, 2.24) is 0 Å². The average molecular weight is 945 g/mol. The summed E-state index contributed by atoms with van der Waals surface area (Å²) in [7, 11) is 0. The Morgan fingerprint density at radius 2 is 0.320 bits per heavy atom. The molecule has 12 aromatic rings. The smallest absolute Gasteiger partial charge is 0.0619 e. The van der Waals surface area contributed by atoms with Crippen LogP contribution in [0.3, 0.4) is 0 Å². The summed E-state index contributed by atoms with van der Waals surface area (Å²) in [5.74, 6) is 0. The van der Waals surface area contributed by atoms with E-state index in [4.69, 9.17) is 0 Å². The monoisotopic (exact) mass is 944 g/mol. The van der Waals surface area contributed by atoms with Gasteiger partial charge in [-0.05, 0) is 156 Å². The summed E-state index contributed by atoms with van der Waals surface area (Å²) in [6, 6.07) is 103. The Labute approximate surface area is 436 Å². The number of rotatable bonds is 2. The maximum atomic E-state index is 2.53. The van der Waals surface area contributed by atoms with Gasteiger partial charge in [-0.3, -0.25) is 0 Å². The third kappa shape index (κ3) is 4.45. The standard InChI is InChI=1S/C75H44/c1-10-34-60-45(21-1)46-22-2-11-35-61(46)73(60)66-40-16-7-27-51(66)55-30-19-32-57(70(55)73)54-43-44-58-53-29-9-18-42-68(53)75(64-38-14-5-25-49(64)50-26-6-15-39-65(50)75)72(58)69(54)59-33-20-31-56-52-28-8-17-41-67(52)74(71(56)59)62-36-12-3-23-47(62)48-24-4-13-37-63(48)74/h1-44H. The van der Waals surface area contributed by atoms with Crippen molar-refractivity contribution in [3.8, 4) is 89.0 Å². The summed E-state index contributed by atoms with van der Waals surface area (Å²) >= 11 is 0. The molecule has 6 aliphatic carbocycles. The molecule has 0 aliphatic heterocycles. The zero-order chi connectivity index (χ0) is 48.8. The maximum Gasteiger partial charge on any atom is 0.0731 e. The van der Waals surface area contributed by atoms with Crippen molar-refractivity contribution >= 4 is 0 Å². The molecule has 6 aliphatic rings. The zero-order valence-electron chi connectivity index (χ0n) is 40.9. The van der Waals surface area contributed by atoms with Gasteiger partial charge in [-0.2, -0.15) is 0 Å². The van der Waals surface area contributed by atoms with Crippen molar-refractivity contribution in [2.24, 2.45) is 0 Å². The van der Waals surface area contributed by atoms with Crippen LogP contribution in [0, 0.1) is 0 Å². The third-order valence-electron chi connectivity index (χ3n) is 18.7. The lowest BCUT2D eigenvalue weighted by Crippen LogP contribution is -2.29. The van der Waals surface area contributed by atoms with E-state index < -0.39 is 16.2 Å². The van der Waals surface area contributed by atoms with E-state index in [1.807, 2.05) is 0 Å². The predicted molar refractivity (Wildman–Crippen MR) is 306 cm³/mol. The highest BCUT2D eigenvalue weighted by Gasteiger charge is 2.58. The molecule has 344 valence electrons. The Hall–Kier alpha value is -9.36. The molecule has 0 nitrogen and oxygen atoms in total. The molecule has 0 aromatic heterocycles. The maximum absolute atomic E-state index is 2.53. The van der Waals surface area contributed by atoms with Gasteiger partial charge >= 0.3 is 0 Å². The van der Waals surface area contributed by atoms with Crippen molar-refractivity contribution in [2.45, 2.75) is 16.2 Å². The molecule has 0 fully saturated rings. The first-order chi connectivity index (χ1) is 37.3. The molecule has 18 rings (SSSR count). The van der Waals surface area contributed by atoms with Crippen LogP contribution in [-0.2, 0) is 16.2 Å². The number of hydrogen-bond acceptors (Lipinski definition) is 0. The molecule has 0 heterocycles. The fourth-order valence-electron chi connectivity index (χ4n) is 16.4. The molecule has 3 spiro atoms. The van der Waals surface area contributed by atoms with E-state index in [0.717, 1.165) is 0 Å². The lowest BCUT2D eigenvalue weighted by molar-refractivity contribution is 0.785. The molecule has 0 N–H and O–H groups in total. The quantitative estimate of drug-likeness (QED) is 0.162. The largest absolute Gasteiger partial charge is 0.0731 e. The van der Waals surface area contributed by atoms with Gasteiger partial charge in [-0.1, -0.05) is 267 Å². The van der Waals surface area contributed by atoms with E-state index in [1.54, 1.807) is 0 Å². The highest BCUT2D eigenvalue weighted by Crippen LogP contribution is 2.71. The highest BCUT2D eigenvalue weighted by molar-refractivity contribution is 6.08. The van der Waals surface area contributed by atoms with E-state index in [-0.39, 0.29) is 0 Å². The summed E-state index contributed by atoms with van der Waals surface area (Å²) < 4.78 is 0. The lowest BCUT2D eigenvalue weighted by Gasteiger charge is -2.37. The zero-order valence-corrected chi connectivity index (χ0v) is 40.9. The van der Waals surface area contributed by atoms with E-state index in [0.29, 0.717) is 0 Å². The number of benzene rings is 12. The first-order valence-corrected chi connectivity index (χ1v) is 26.6. The molecule has 75 heavy (non-hydrogen) atoms. The van der Waals surface area contributed by atoms with Gasteiger partial charge in [0.15, 0.2) is 0 Å². The minimum absolute atomic E-state index is 0.557. The lowest BCUT2D eigenvalue weighted by atomic mass is 9.64. The van der Waals surface area contributed by atoms with E-state index >= 15 is 0 Å². The molecule has 0 saturated heterocycles. The second-order valence-electron chi connectivity index (χ2n) is 21.5. The highest BCUT2D eigenvalue weighted by atomic mass is 14.6. The van der Waals surface area contributed by atoms with Gasteiger partial charge in [-0.15, -0.1) is 0 Å². The van der Waals surface area contributed by atoms with Crippen LogP contribution in [0.4, 0.5) is 0 Å². The van der Waals surface area contributed by atoms with E-state index in [1.165, 1.54) is 156 Å². The Kier molecular flexibility index (Phi) is 7.51. The van der Waals surface area contributed by atoms with Crippen LogP contribution in [-0.4, -0.2) is 0 Å². The summed E-state index contributed by atoms with van der Waals surface area (Å²) in [6.45, 7) is 0. The van der Waals surface area contributed by atoms with Crippen LogP contribution in [0.25, 0.3) is 89.0 Å². The van der Waals surface area contributed by atoms with Gasteiger partial charge in [0.05, 0.1) is 16.2 Å². The topological polar surface area (TPSA) is 0 Å². The van der Waals surface area contributed by atoms with Crippen molar-refractivity contribution < 1.29 is 0 Å². The Balaban J connectivity index is 1.06. The molecule has 0 radical (unpaired) electrons. The SMILES string of the molecule is c1ccc2c(c1)-c1ccccc1C21c2ccccc2-c2cccc(-c3ccc4c(c3-c3cccc5c3C3(c6ccccc6-c6ccccc63)c3ccccc3-5)C3(c5ccccc5-c5ccccc53)c3ccccc3-4)c21. The van der Waals surface area contributed by atoms with Crippen molar-refractivity contribution in [1.29, 1.82) is 0 Å². The molecular formula is C75H44. The average Bonchev–Trinajstić information content (AvgIpc) is 4.44. The normalized spacial score (nSPS) is 15.3. The van der Waals surface area contributed by atoms with Crippen LogP contribution in [0.1, 0.15) is 66.8 Å². The van der Waals surface area contributed by atoms with Crippen molar-refractivity contribution in [3.63, 3.8) is 0 Å². The minimum Gasteiger partial charge on any atom is -0.0619 e. The summed E-state index contributed by atoms with van der Waals surface area (Å²) in [5.41, 5.74) is 35.3. The van der Waals surface area contributed by atoms with Crippen LogP contribution in [0.5, 0.6) is 0 Å². The second kappa shape index (κ2) is 14.0.